The van der Waals surface area contributed by atoms with E-state index in [1.54, 1.807) is 11.3 Å². The molecule has 78 valence electrons. The summed E-state index contributed by atoms with van der Waals surface area (Å²) in [6, 6.07) is 0. The fourth-order valence-corrected chi connectivity index (χ4v) is 1.73. The van der Waals surface area contributed by atoms with Crippen LogP contribution in [0, 0.1) is 6.92 Å². The summed E-state index contributed by atoms with van der Waals surface area (Å²) in [6.07, 6.45) is 0.377. The topological polar surface area (TPSA) is 42.0 Å². The smallest absolute Gasteiger partial charge is 0.226 e. The van der Waals surface area contributed by atoms with Crippen molar-refractivity contribution in [3.05, 3.63) is 16.1 Å². The van der Waals surface area contributed by atoms with E-state index in [0.717, 1.165) is 10.7 Å². The fourth-order valence-electron chi connectivity index (χ4n) is 1.12. The van der Waals surface area contributed by atoms with Crippen molar-refractivity contribution in [3.8, 4) is 0 Å². The normalized spacial score (nSPS) is 11.4. The molecule has 14 heavy (non-hydrogen) atoms. The van der Waals surface area contributed by atoms with Gasteiger partial charge in [-0.1, -0.05) is 0 Å². The molecule has 0 atom stereocenters. The van der Waals surface area contributed by atoms with Crippen LogP contribution in [0.5, 0.6) is 0 Å². The van der Waals surface area contributed by atoms with Crippen molar-refractivity contribution in [1.29, 1.82) is 0 Å². The van der Waals surface area contributed by atoms with E-state index in [4.69, 9.17) is 0 Å². The van der Waals surface area contributed by atoms with Gasteiger partial charge in [0, 0.05) is 10.9 Å². The van der Waals surface area contributed by atoms with E-state index < -0.39 is 0 Å². The third-order valence-electron chi connectivity index (χ3n) is 1.52. The zero-order valence-corrected chi connectivity index (χ0v) is 9.86. The fraction of sp³-hybridized carbons (Fsp3) is 0.600. The van der Waals surface area contributed by atoms with Crippen LogP contribution in [-0.2, 0) is 11.2 Å². The molecule has 0 unspecified atom stereocenters. The molecule has 1 N–H and O–H groups in total. The summed E-state index contributed by atoms with van der Waals surface area (Å²) in [5.41, 5.74) is 0.691. The van der Waals surface area contributed by atoms with Gasteiger partial charge in [0.15, 0.2) is 0 Å². The van der Waals surface area contributed by atoms with Gasteiger partial charge in [-0.15, -0.1) is 11.3 Å². The number of nitrogens with one attached hydrogen (secondary N) is 1. The number of aromatic nitrogens is 1. The van der Waals surface area contributed by atoms with Gasteiger partial charge in [0.2, 0.25) is 5.91 Å². The number of carbonyl (C=O) groups excluding carboxylic acids is 1. The molecule has 0 saturated carbocycles. The van der Waals surface area contributed by atoms with Gasteiger partial charge in [0.25, 0.3) is 0 Å². The lowest BCUT2D eigenvalue weighted by Crippen LogP contribution is -2.41. The molecule has 0 aliphatic heterocycles. The van der Waals surface area contributed by atoms with Crippen LogP contribution < -0.4 is 5.32 Å². The predicted molar refractivity (Wildman–Crippen MR) is 58.5 cm³/mol. The summed E-state index contributed by atoms with van der Waals surface area (Å²) >= 11 is 1.57. The summed E-state index contributed by atoms with van der Waals surface area (Å²) in [5.74, 6) is 0.0304. The van der Waals surface area contributed by atoms with Gasteiger partial charge < -0.3 is 5.32 Å². The first-order valence-corrected chi connectivity index (χ1v) is 5.47. The molecule has 4 heteroatoms. The molecule has 0 aromatic carbocycles. The Morgan fingerprint density at radius 2 is 2.21 bits per heavy atom. The molecule has 1 amide bonds. The Morgan fingerprint density at radius 1 is 1.57 bits per heavy atom. The molecule has 1 aromatic heterocycles. The van der Waals surface area contributed by atoms with E-state index in [9.17, 15) is 4.79 Å². The third-order valence-corrected chi connectivity index (χ3v) is 2.34. The number of hydrogen-bond donors (Lipinski definition) is 1. The van der Waals surface area contributed by atoms with Gasteiger partial charge in [0.1, 0.15) is 0 Å². The van der Waals surface area contributed by atoms with E-state index in [1.165, 1.54) is 0 Å². The quantitative estimate of drug-likeness (QED) is 0.813. The highest BCUT2D eigenvalue weighted by Crippen LogP contribution is 2.09. The zero-order valence-electron chi connectivity index (χ0n) is 9.05. The summed E-state index contributed by atoms with van der Waals surface area (Å²) in [7, 11) is 0. The average Bonchev–Trinajstić information content (AvgIpc) is 2.30. The molecule has 0 aliphatic rings. The Kier molecular flexibility index (Phi) is 3.26. The highest BCUT2D eigenvalue weighted by Gasteiger charge is 2.14. The van der Waals surface area contributed by atoms with Gasteiger partial charge in [-0.2, -0.15) is 0 Å². The minimum absolute atomic E-state index is 0.0304. The molecule has 1 heterocycles. The van der Waals surface area contributed by atoms with Crippen molar-refractivity contribution in [2.75, 3.05) is 0 Å². The van der Waals surface area contributed by atoms with Crippen molar-refractivity contribution in [2.45, 2.75) is 39.7 Å². The number of thiazole rings is 1. The predicted octanol–water partition coefficient (Wildman–Crippen LogP) is 1.91. The first-order chi connectivity index (χ1) is 6.37. The second kappa shape index (κ2) is 4.09. The average molecular weight is 212 g/mol. The Hall–Kier alpha value is -0.900. The molecule has 3 nitrogen and oxygen atoms in total. The van der Waals surface area contributed by atoms with E-state index in [0.29, 0.717) is 6.42 Å². The first kappa shape index (κ1) is 11.2. The number of hydrogen-bond acceptors (Lipinski definition) is 3. The van der Waals surface area contributed by atoms with Crippen LogP contribution in [0.4, 0.5) is 0 Å². The lowest BCUT2D eigenvalue weighted by Gasteiger charge is -2.19. The van der Waals surface area contributed by atoms with Crippen LogP contribution in [0.2, 0.25) is 0 Å². The molecule has 1 aromatic rings. The van der Waals surface area contributed by atoms with Crippen LogP contribution in [0.3, 0.4) is 0 Å². The maximum Gasteiger partial charge on any atom is 0.226 e. The second-order valence-corrected chi connectivity index (χ2v) is 5.40. The van der Waals surface area contributed by atoms with Crippen molar-refractivity contribution < 1.29 is 4.79 Å². The summed E-state index contributed by atoms with van der Waals surface area (Å²) in [6.45, 7) is 7.85. The van der Waals surface area contributed by atoms with Crippen LogP contribution in [0.25, 0.3) is 0 Å². The molecule has 0 spiro atoms. The number of aryl methyl sites for hydroxylation is 1. The summed E-state index contributed by atoms with van der Waals surface area (Å²) < 4.78 is 0. The van der Waals surface area contributed by atoms with E-state index in [2.05, 4.69) is 10.3 Å². The molecule has 0 bridgehead atoms. The summed E-state index contributed by atoms with van der Waals surface area (Å²) in [4.78, 5) is 15.7. The van der Waals surface area contributed by atoms with Crippen molar-refractivity contribution in [1.82, 2.24) is 10.3 Å². The standard InChI is InChI=1S/C10H16N2OS/c1-7-11-8(6-14-7)5-9(13)12-10(2,3)4/h6H,5H2,1-4H3,(H,12,13). The van der Waals surface area contributed by atoms with Crippen LogP contribution in [-0.4, -0.2) is 16.4 Å². The lowest BCUT2D eigenvalue weighted by molar-refractivity contribution is -0.121. The van der Waals surface area contributed by atoms with Crippen LogP contribution in [0.15, 0.2) is 5.38 Å². The van der Waals surface area contributed by atoms with Gasteiger partial charge in [0.05, 0.1) is 17.1 Å². The molecular formula is C10H16N2OS. The summed E-state index contributed by atoms with van der Waals surface area (Å²) in [5, 5.41) is 5.83. The Bertz CT molecular complexity index is 325. The Balaban J connectivity index is 2.50. The second-order valence-electron chi connectivity index (χ2n) is 4.33. The van der Waals surface area contributed by atoms with E-state index in [1.807, 2.05) is 33.1 Å². The molecule has 0 fully saturated rings. The number of nitrogens with zero attached hydrogens (tertiary/aromatic N) is 1. The Labute approximate surface area is 88.6 Å². The van der Waals surface area contributed by atoms with Crippen molar-refractivity contribution >= 4 is 17.2 Å². The molecule has 0 radical (unpaired) electrons. The van der Waals surface area contributed by atoms with Gasteiger partial charge in [-0.25, -0.2) is 4.98 Å². The minimum atomic E-state index is -0.165. The third kappa shape index (κ3) is 3.87. The van der Waals surface area contributed by atoms with Crippen LogP contribution >= 0.6 is 11.3 Å². The molecule has 0 aliphatic carbocycles. The maximum atomic E-state index is 11.5. The number of amides is 1. The van der Waals surface area contributed by atoms with Crippen molar-refractivity contribution in [2.24, 2.45) is 0 Å². The first-order valence-electron chi connectivity index (χ1n) is 4.59. The SMILES string of the molecule is Cc1nc(CC(=O)NC(C)(C)C)cs1. The van der Waals surface area contributed by atoms with E-state index in [-0.39, 0.29) is 11.4 Å². The molecule has 1 rings (SSSR count). The van der Waals surface area contributed by atoms with Gasteiger partial charge >= 0.3 is 0 Å². The zero-order chi connectivity index (χ0) is 10.8. The highest BCUT2D eigenvalue weighted by atomic mass is 32.1. The van der Waals surface area contributed by atoms with Gasteiger partial charge in [-0.3, -0.25) is 4.79 Å². The number of rotatable bonds is 2. The van der Waals surface area contributed by atoms with Crippen LogP contribution in [0.1, 0.15) is 31.5 Å². The van der Waals surface area contributed by atoms with E-state index >= 15 is 0 Å². The number of carbonyl (C=O) groups is 1. The Morgan fingerprint density at radius 3 is 2.64 bits per heavy atom. The van der Waals surface area contributed by atoms with Gasteiger partial charge in [-0.05, 0) is 27.7 Å². The maximum absolute atomic E-state index is 11.5. The lowest BCUT2D eigenvalue weighted by atomic mass is 10.1. The highest BCUT2D eigenvalue weighted by molar-refractivity contribution is 7.09. The molecule has 0 saturated heterocycles. The largest absolute Gasteiger partial charge is 0.351 e. The molecular weight excluding hydrogens is 196 g/mol. The minimum Gasteiger partial charge on any atom is -0.351 e. The monoisotopic (exact) mass is 212 g/mol. The van der Waals surface area contributed by atoms with Crippen molar-refractivity contribution in [3.63, 3.8) is 0 Å².